The molecule has 0 bridgehead atoms. The Balaban J connectivity index is 1.78. The van der Waals surface area contributed by atoms with Crippen molar-refractivity contribution < 1.29 is 28.6 Å². The highest BCUT2D eigenvalue weighted by atomic mass is 16.5. The summed E-state index contributed by atoms with van der Waals surface area (Å²) in [5.74, 6) is -0.875. The van der Waals surface area contributed by atoms with Gasteiger partial charge in [0.2, 0.25) is 0 Å². The molecule has 0 aromatic heterocycles. The molecule has 2 aromatic rings. The predicted octanol–water partition coefficient (Wildman–Crippen LogP) is 2.07. The molecule has 0 saturated carbocycles. The Hall–Kier alpha value is -3.35. The van der Waals surface area contributed by atoms with Crippen molar-refractivity contribution in [3.05, 3.63) is 65.7 Å². The van der Waals surface area contributed by atoms with E-state index in [0.717, 1.165) is 16.9 Å². The maximum absolute atomic E-state index is 12.1. The first-order valence-electron chi connectivity index (χ1n) is 9.21. The Morgan fingerprint density at radius 1 is 0.931 bits per heavy atom. The van der Waals surface area contributed by atoms with Crippen molar-refractivity contribution in [1.29, 1.82) is 0 Å². The van der Waals surface area contributed by atoms with Crippen LogP contribution in [0.4, 0.5) is 0 Å². The Bertz CT molecular complexity index is 804. The Morgan fingerprint density at radius 3 is 2.24 bits per heavy atom. The van der Waals surface area contributed by atoms with Gasteiger partial charge in [-0.2, -0.15) is 0 Å². The monoisotopic (exact) mass is 399 g/mol. The average molecular weight is 399 g/mol. The van der Waals surface area contributed by atoms with Crippen molar-refractivity contribution in [2.45, 2.75) is 25.3 Å². The zero-order valence-electron chi connectivity index (χ0n) is 16.6. The quantitative estimate of drug-likeness (QED) is 0.615. The number of methoxy groups -OCH3 is 2. The molecule has 0 spiro atoms. The summed E-state index contributed by atoms with van der Waals surface area (Å²) in [6.07, 6.45) is 0.915. The minimum Gasteiger partial charge on any atom is -0.497 e. The molecule has 0 aliphatic heterocycles. The lowest BCUT2D eigenvalue weighted by Gasteiger charge is -2.16. The Morgan fingerprint density at radius 2 is 1.62 bits per heavy atom. The van der Waals surface area contributed by atoms with Crippen LogP contribution in [0.1, 0.15) is 17.5 Å². The van der Waals surface area contributed by atoms with E-state index >= 15 is 0 Å². The minimum absolute atomic E-state index is 0.143. The lowest BCUT2D eigenvalue weighted by atomic mass is 10.1. The second kappa shape index (κ2) is 11.5. The normalized spacial score (nSPS) is 11.2. The molecule has 0 fully saturated rings. The summed E-state index contributed by atoms with van der Waals surface area (Å²) in [7, 11) is 2.84. The highest BCUT2D eigenvalue weighted by Crippen LogP contribution is 2.12. The largest absolute Gasteiger partial charge is 0.497 e. The molecule has 1 N–H and O–H groups in total. The SMILES string of the molecule is COC(=O)C(Cc1ccccc1)NC(=O)COC(=O)CCc1ccc(OC)cc1. The van der Waals surface area contributed by atoms with Crippen LogP contribution in [0.3, 0.4) is 0 Å². The zero-order valence-corrected chi connectivity index (χ0v) is 16.6. The van der Waals surface area contributed by atoms with Crippen LogP contribution in [0.15, 0.2) is 54.6 Å². The fourth-order valence-electron chi connectivity index (χ4n) is 2.68. The third-order valence-electron chi connectivity index (χ3n) is 4.24. The zero-order chi connectivity index (χ0) is 21.1. The molecule has 29 heavy (non-hydrogen) atoms. The number of carbonyl (C=O) groups is 3. The summed E-state index contributed by atoms with van der Waals surface area (Å²) >= 11 is 0. The molecule has 1 atom stereocenters. The maximum atomic E-state index is 12.1. The molecule has 0 radical (unpaired) electrons. The third-order valence-corrected chi connectivity index (χ3v) is 4.24. The maximum Gasteiger partial charge on any atom is 0.328 e. The summed E-state index contributed by atoms with van der Waals surface area (Å²) in [6, 6.07) is 15.7. The summed E-state index contributed by atoms with van der Waals surface area (Å²) in [4.78, 5) is 35.9. The summed E-state index contributed by atoms with van der Waals surface area (Å²) in [5.41, 5.74) is 1.83. The number of benzene rings is 2. The number of amides is 1. The van der Waals surface area contributed by atoms with Crippen molar-refractivity contribution in [1.82, 2.24) is 5.32 Å². The van der Waals surface area contributed by atoms with Crippen LogP contribution < -0.4 is 10.1 Å². The van der Waals surface area contributed by atoms with E-state index in [1.165, 1.54) is 7.11 Å². The van der Waals surface area contributed by atoms with Gasteiger partial charge in [0.1, 0.15) is 11.8 Å². The lowest BCUT2D eigenvalue weighted by molar-refractivity contribution is -0.150. The summed E-state index contributed by atoms with van der Waals surface area (Å²) in [6.45, 7) is -0.455. The second-order valence-electron chi connectivity index (χ2n) is 6.34. The molecule has 0 aliphatic carbocycles. The van der Waals surface area contributed by atoms with Crippen molar-refractivity contribution in [2.24, 2.45) is 0 Å². The van der Waals surface area contributed by atoms with Gasteiger partial charge in [-0.15, -0.1) is 0 Å². The third kappa shape index (κ3) is 7.65. The van der Waals surface area contributed by atoms with E-state index in [2.05, 4.69) is 5.32 Å². The molecule has 7 nitrogen and oxygen atoms in total. The highest BCUT2D eigenvalue weighted by Gasteiger charge is 2.22. The van der Waals surface area contributed by atoms with Crippen LogP contribution in [0.25, 0.3) is 0 Å². The molecule has 7 heteroatoms. The van der Waals surface area contributed by atoms with Gasteiger partial charge in [-0.1, -0.05) is 42.5 Å². The van der Waals surface area contributed by atoms with Crippen LogP contribution >= 0.6 is 0 Å². The fourth-order valence-corrected chi connectivity index (χ4v) is 2.68. The van der Waals surface area contributed by atoms with E-state index in [1.807, 2.05) is 54.6 Å². The number of nitrogens with one attached hydrogen (secondary N) is 1. The van der Waals surface area contributed by atoms with Crippen LogP contribution in [0.2, 0.25) is 0 Å². The van der Waals surface area contributed by atoms with Gasteiger partial charge >= 0.3 is 11.9 Å². The fraction of sp³-hybridized carbons (Fsp3) is 0.318. The minimum atomic E-state index is -0.854. The number of hydrogen-bond acceptors (Lipinski definition) is 6. The van der Waals surface area contributed by atoms with E-state index < -0.39 is 30.5 Å². The molecule has 1 amide bonds. The standard InChI is InChI=1S/C22H25NO6/c1-27-18-11-8-16(9-12-18)10-13-21(25)29-15-20(24)23-19(22(26)28-2)14-17-6-4-3-5-7-17/h3-9,11-12,19H,10,13-15H2,1-2H3,(H,23,24). The van der Waals surface area contributed by atoms with Crippen LogP contribution in [-0.2, 0) is 36.7 Å². The van der Waals surface area contributed by atoms with Gasteiger partial charge in [0.15, 0.2) is 6.61 Å². The van der Waals surface area contributed by atoms with E-state index in [9.17, 15) is 14.4 Å². The van der Waals surface area contributed by atoms with Gasteiger partial charge < -0.3 is 19.5 Å². The van der Waals surface area contributed by atoms with E-state index in [1.54, 1.807) is 7.11 Å². The van der Waals surface area contributed by atoms with Crippen LogP contribution in [-0.4, -0.2) is 44.7 Å². The molecule has 0 heterocycles. The number of esters is 2. The summed E-state index contributed by atoms with van der Waals surface area (Å²) < 4.78 is 14.8. The topological polar surface area (TPSA) is 90.9 Å². The Labute approximate surface area is 170 Å². The number of rotatable bonds is 10. The highest BCUT2D eigenvalue weighted by molar-refractivity contribution is 5.86. The molecular formula is C22H25NO6. The molecule has 1 unspecified atom stereocenters. The molecule has 0 saturated heterocycles. The first kappa shape index (κ1) is 21.9. The van der Waals surface area contributed by atoms with Gasteiger partial charge in [0, 0.05) is 12.8 Å². The molecule has 2 aromatic carbocycles. The van der Waals surface area contributed by atoms with Crippen LogP contribution in [0, 0.1) is 0 Å². The summed E-state index contributed by atoms with van der Waals surface area (Å²) in [5, 5.41) is 2.55. The predicted molar refractivity (Wildman–Crippen MR) is 106 cm³/mol. The number of aryl methyl sites for hydroxylation is 1. The number of ether oxygens (including phenoxy) is 3. The molecule has 2 rings (SSSR count). The molecule has 154 valence electrons. The van der Waals surface area contributed by atoms with Gasteiger partial charge in [-0.3, -0.25) is 9.59 Å². The second-order valence-corrected chi connectivity index (χ2v) is 6.34. The van der Waals surface area contributed by atoms with Crippen molar-refractivity contribution in [2.75, 3.05) is 20.8 Å². The first-order valence-corrected chi connectivity index (χ1v) is 9.21. The average Bonchev–Trinajstić information content (AvgIpc) is 2.76. The van der Waals surface area contributed by atoms with Gasteiger partial charge in [-0.05, 0) is 29.7 Å². The van der Waals surface area contributed by atoms with Crippen molar-refractivity contribution in [3.63, 3.8) is 0 Å². The van der Waals surface area contributed by atoms with E-state index in [-0.39, 0.29) is 12.8 Å². The molecular weight excluding hydrogens is 374 g/mol. The Kier molecular flexibility index (Phi) is 8.69. The smallest absolute Gasteiger partial charge is 0.328 e. The van der Waals surface area contributed by atoms with Crippen molar-refractivity contribution >= 4 is 17.8 Å². The lowest BCUT2D eigenvalue weighted by Crippen LogP contribution is -2.44. The van der Waals surface area contributed by atoms with Gasteiger partial charge in [0.05, 0.1) is 14.2 Å². The van der Waals surface area contributed by atoms with Crippen molar-refractivity contribution in [3.8, 4) is 5.75 Å². The van der Waals surface area contributed by atoms with E-state index in [4.69, 9.17) is 14.2 Å². The van der Waals surface area contributed by atoms with Gasteiger partial charge in [-0.25, -0.2) is 4.79 Å². The van der Waals surface area contributed by atoms with E-state index in [0.29, 0.717) is 6.42 Å². The molecule has 0 aliphatic rings. The number of hydrogen-bond donors (Lipinski definition) is 1. The first-order chi connectivity index (χ1) is 14.0. The number of carbonyl (C=O) groups excluding carboxylic acids is 3. The van der Waals surface area contributed by atoms with Crippen LogP contribution in [0.5, 0.6) is 5.75 Å². The van der Waals surface area contributed by atoms with Gasteiger partial charge in [0.25, 0.3) is 5.91 Å².